The summed E-state index contributed by atoms with van der Waals surface area (Å²) in [5.74, 6) is 0.405. The molecular weight excluding hydrogens is 302 g/mol. The molecule has 0 amide bonds. The third-order valence-electron chi connectivity index (χ3n) is 2.90. The van der Waals surface area contributed by atoms with Gasteiger partial charge >= 0.3 is 10.4 Å². The van der Waals surface area contributed by atoms with Crippen molar-refractivity contribution < 1.29 is 17.2 Å². The molecule has 1 atom stereocenters. The Balaban J connectivity index is 0.000000534. The molecule has 5 nitrogen and oxygen atoms in total. The fraction of sp³-hybridized carbons (Fsp3) is 0.375. The number of hydrogen-bond acceptors (Lipinski definition) is 4. The molecule has 1 aromatic carbocycles. The molecule has 124 valence electrons. The number of hydrogen-bond donors (Lipinski definition) is 2. The van der Waals surface area contributed by atoms with Gasteiger partial charge in [-0.25, -0.2) is 4.18 Å². The maximum absolute atomic E-state index is 9.56. The molecule has 0 saturated carbocycles. The highest BCUT2D eigenvalue weighted by atomic mass is 32.3. The van der Waals surface area contributed by atoms with Gasteiger partial charge in [-0.2, -0.15) is 8.42 Å². The fourth-order valence-electron chi connectivity index (χ4n) is 1.91. The van der Waals surface area contributed by atoms with Gasteiger partial charge in [0.15, 0.2) is 0 Å². The summed E-state index contributed by atoms with van der Waals surface area (Å²) in [6, 6.07) is 10.3. The van der Waals surface area contributed by atoms with E-state index in [4.69, 9.17) is 10.3 Å². The predicted octanol–water partition coefficient (Wildman–Crippen LogP) is 3.28. The SMILES string of the molecule is C=CCC(CC=C)C(N)c1ccccc1.CCOS(=O)(=O)O. The molecule has 0 aliphatic rings. The molecule has 3 N–H and O–H groups in total. The van der Waals surface area contributed by atoms with E-state index in [-0.39, 0.29) is 12.6 Å². The standard InChI is InChI=1S/C14H19N.C2H6O4S/c1-3-8-12(9-4-2)14(15)13-10-6-5-7-11-13;1-2-6-7(3,4)5/h3-7,10-12,14H,1-2,8-9,15H2;2H2,1H3,(H,3,4,5). The summed E-state index contributed by atoms with van der Waals surface area (Å²) < 4.78 is 30.7. The van der Waals surface area contributed by atoms with E-state index in [2.05, 4.69) is 29.5 Å². The van der Waals surface area contributed by atoms with Crippen LogP contribution in [0, 0.1) is 5.92 Å². The van der Waals surface area contributed by atoms with Gasteiger partial charge in [-0.15, -0.1) is 13.2 Å². The molecule has 0 aliphatic carbocycles. The van der Waals surface area contributed by atoms with E-state index in [1.165, 1.54) is 12.5 Å². The maximum Gasteiger partial charge on any atom is 0.397 e. The summed E-state index contributed by atoms with van der Waals surface area (Å²) in [5, 5.41) is 0. The van der Waals surface area contributed by atoms with Crippen LogP contribution in [0.15, 0.2) is 55.6 Å². The van der Waals surface area contributed by atoms with Crippen LogP contribution in [0.3, 0.4) is 0 Å². The van der Waals surface area contributed by atoms with Crippen molar-refractivity contribution in [2.45, 2.75) is 25.8 Å². The van der Waals surface area contributed by atoms with Crippen LogP contribution in [0.1, 0.15) is 31.4 Å². The van der Waals surface area contributed by atoms with Crippen LogP contribution in [0.5, 0.6) is 0 Å². The lowest BCUT2D eigenvalue weighted by molar-refractivity contribution is 0.283. The van der Waals surface area contributed by atoms with E-state index >= 15 is 0 Å². The molecule has 6 heteroatoms. The van der Waals surface area contributed by atoms with Crippen molar-refractivity contribution in [3.63, 3.8) is 0 Å². The quantitative estimate of drug-likeness (QED) is 0.565. The molecule has 0 fully saturated rings. The van der Waals surface area contributed by atoms with Crippen molar-refractivity contribution in [2.24, 2.45) is 11.7 Å². The number of allylic oxidation sites excluding steroid dienone is 2. The lowest BCUT2D eigenvalue weighted by Crippen LogP contribution is -2.20. The first-order valence-corrected chi connectivity index (χ1v) is 8.36. The van der Waals surface area contributed by atoms with Crippen LogP contribution in [-0.4, -0.2) is 19.6 Å². The minimum atomic E-state index is -4.17. The van der Waals surface area contributed by atoms with Gasteiger partial charge in [-0.05, 0) is 31.2 Å². The molecule has 0 aromatic heterocycles. The minimum absolute atomic E-state index is 0.0289. The molecule has 0 saturated heterocycles. The van der Waals surface area contributed by atoms with E-state index in [0.29, 0.717) is 5.92 Å². The van der Waals surface area contributed by atoms with Crippen LogP contribution >= 0.6 is 0 Å². The summed E-state index contributed by atoms with van der Waals surface area (Å²) in [5.41, 5.74) is 7.40. The van der Waals surface area contributed by atoms with Crippen LogP contribution < -0.4 is 5.73 Å². The molecular formula is C16H25NO4S. The first kappa shape index (κ1) is 20.5. The number of rotatable bonds is 8. The number of benzene rings is 1. The molecule has 0 aliphatic heterocycles. The molecule has 1 rings (SSSR count). The van der Waals surface area contributed by atoms with E-state index < -0.39 is 10.4 Å². The van der Waals surface area contributed by atoms with E-state index in [1.807, 2.05) is 30.4 Å². The first-order chi connectivity index (χ1) is 10.4. The molecule has 0 spiro atoms. The average molecular weight is 327 g/mol. The Bertz CT molecular complexity index is 518. The van der Waals surface area contributed by atoms with Crippen LogP contribution in [0.25, 0.3) is 0 Å². The van der Waals surface area contributed by atoms with Gasteiger partial charge in [0.25, 0.3) is 0 Å². The van der Waals surface area contributed by atoms with Gasteiger partial charge in [-0.3, -0.25) is 4.55 Å². The Labute approximate surface area is 133 Å². The highest BCUT2D eigenvalue weighted by Crippen LogP contribution is 2.25. The average Bonchev–Trinajstić information content (AvgIpc) is 2.46. The van der Waals surface area contributed by atoms with Gasteiger partial charge in [0.1, 0.15) is 0 Å². The van der Waals surface area contributed by atoms with E-state index in [9.17, 15) is 8.42 Å². The molecule has 0 radical (unpaired) electrons. The van der Waals surface area contributed by atoms with Crippen LogP contribution in [0.4, 0.5) is 0 Å². The Morgan fingerprint density at radius 3 is 2.05 bits per heavy atom. The summed E-state index contributed by atoms with van der Waals surface area (Å²) in [4.78, 5) is 0. The zero-order chi connectivity index (χ0) is 17.0. The second-order valence-electron chi connectivity index (χ2n) is 4.58. The maximum atomic E-state index is 9.56. The fourth-order valence-corrected chi connectivity index (χ4v) is 2.21. The van der Waals surface area contributed by atoms with Gasteiger partial charge in [0.2, 0.25) is 0 Å². The van der Waals surface area contributed by atoms with Crippen molar-refractivity contribution >= 4 is 10.4 Å². The van der Waals surface area contributed by atoms with Gasteiger partial charge in [0, 0.05) is 6.04 Å². The first-order valence-electron chi connectivity index (χ1n) is 6.99. The predicted molar refractivity (Wildman–Crippen MR) is 89.7 cm³/mol. The summed E-state index contributed by atoms with van der Waals surface area (Å²) >= 11 is 0. The normalized spacial score (nSPS) is 12.2. The third kappa shape index (κ3) is 9.46. The Kier molecular flexibility index (Phi) is 10.4. The van der Waals surface area contributed by atoms with Crippen molar-refractivity contribution in [1.29, 1.82) is 0 Å². The minimum Gasteiger partial charge on any atom is -0.324 e. The molecule has 1 unspecified atom stereocenters. The van der Waals surface area contributed by atoms with Crippen molar-refractivity contribution in [1.82, 2.24) is 0 Å². The molecule has 0 heterocycles. The smallest absolute Gasteiger partial charge is 0.324 e. The monoisotopic (exact) mass is 327 g/mol. The van der Waals surface area contributed by atoms with E-state index in [1.54, 1.807) is 0 Å². The van der Waals surface area contributed by atoms with Crippen molar-refractivity contribution in [2.75, 3.05) is 6.61 Å². The van der Waals surface area contributed by atoms with Gasteiger partial charge < -0.3 is 5.73 Å². The lowest BCUT2D eigenvalue weighted by atomic mass is 9.88. The van der Waals surface area contributed by atoms with Crippen LogP contribution in [-0.2, 0) is 14.6 Å². The van der Waals surface area contributed by atoms with Crippen molar-refractivity contribution in [3.05, 3.63) is 61.2 Å². The van der Waals surface area contributed by atoms with Crippen molar-refractivity contribution in [3.8, 4) is 0 Å². The molecule has 22 heavy (non-hydrogen) atoms. The van der Waals surface area contributed by atoms with Gasteiger partial charge in [0.05, 0.1) is 6.61 Å². The highest BCUT2D eigenvalue weighted by Gasteiger charge is 2.16. The Morgan fingerprint density at radius 2 is 1.73 bits per heavy atom. The Morgan fingerprint density at radius 1 is 1.23 bits per heavy atom. The molecule has 0 bridgehead atoms. The zero-order valence-electron chi connectivity index (χ0n) is 12.9. The Hall–Kier alpha value is -1.47. The molecule has 1 aromatic rings. The topological polar surface area (TPSA) is 89.6 Å². The highest BCUT2D eigenvalue weighted by molar-refractivity contribution is 7.80. The summed E-state index contributed by atoms with van der Waals surface area (Å²) in [7, 11) is -4.17. The van der Waals surface area contributed by atoms with Gasteiger partial charge in [-0.1, -0.05) is 42.5 Å². The zero-order valence-corrected chi connectivity index (χ0v) is 13.7. The lowest BCUT2D eigenvalue weighted by Gasteiger charge is -2.21. The summed E-state index contributed by atoms with van der Waals surface area (Å²) in [6.45, 7) is 8.98. The summed E-state index contributed by atoms with van der Waals surface area (Å²) in [6.07, 6.45) is 5.72. The third-order valence-corrected chi connectivity index (χ3v) is 3.43. The van der Waals surface area contributed by atoms with Crippen LogP contribution in [0.2, 0.25) is 0 Å². The largest absolute Gasteiger partial charge is 0.397 e. The van der Waals surface area contributed by atoms with E-state index in [0.717, 1.165) is 12.8 Å². The second kappa shape index (κ2) is 11.1. The number of nitrogens with two attached hydrogens (primary N) is 1. The second-order valence-corrected chi connectivity index (χ2v) is 5.67.